The molecule has 2 fully saturated rings. The predicted octanol–water partition coefficient (Wildman–Crippen LogP) is 3.13. The van der Waals surface area contributed by atoms with E-state index < -0.39 is 0 Å². The van der Waals surface area contributed by atoms with Crippen molar-refractivity contribution in [3.63, 3.8) is 0 Å². The van der Waals surface area contributed by atoms with Crippen LogP contribution in [0.15, 0.2) is 16.6 Å². The molecule has 0 aromatic heterocycles. The molecule has 2 aliphatic carbocycles. The van der Waals surface area contributed by atoms with E-state index in [4.69, 9.17) is 0 Å². The standard InChI is InChI=1S/C13H11BrFNO/c14-7-5-9-11(10(15)6-7)16(8-1-2-8)12(17)13(9)3-4-13/h5-6,8H,1-4H2. The van der Waals surface area contributed by atoms with Gasteiger partial charge in [-0.2, -0.15) is 0 Å². The minimum Gasteiger partial charge on any atom is -0.306 e. The van der Waals surface area contributed by atoms with Crippen molar-refractivity contribution in [2.75, 3.05) is 4.90 Å². The van der Waals surface area contributed by atoms with Gasteiger partial charge in [-0.3, -0.25) is 4.79 Å². The predicted molar refractivity (Wildman–Crippen MR) is 65.5 cm³/mol. The lowest BCUT2D eigenvalue weighted by atomic mass is 9.98. The minimum absolute atomic E-state index is 0.131. The third kappa shape index (κ3) is 1.17. The van der Waals surface area contributed by atoms with Gasteiger partial charge >= 0.3 is 0 Å². The fraction of sp³-hybridized carbons (Fsp3) is 0.462. The summed E-state index contributed by atoms with van der Waals surface area (Å²) in [5, 5.41) is 0. The third-order valence-corrected chi connectivity index (χ3v) is 4.53. The molecule has 1 aromatic rings. The van der Waals surface area contributed by atoms with E-state index in [1.165, 1.54) is 6.07 Å². The molecule has 4 rings (SSSR count). The molecular weight excluding hydrogens is 285 g/mol. The Morgan fingerprint density at radius 3 is 2.65 bits per heavy atom. The van der Waals surface area contributed by atoms with Crippen molar-refractivity contribution >= 4 is 27.5 Å². The molecule has 1 amide bonds. The number of carbonyl (C=O) groups is 1. The molecule has 1 heterocycles. The van der Waals surface area contributed by atoms with E-state index in [2.05, 4.69) is 15.9 Å². The summed E-state index contributed by atoms with van der Waals surface area (Å²) >= 11 is 3.32. The summed E-state index contributed by atoms with van der Waals surface area (Å²) in [4.78, 5) is 14.2. The van der Waals surface area contributed by atoms with Gasteiger partial charge in [-0.1, -0.05) is 15.9 Å². The van der Waals surface area contributed by atoms with Crippen molar-refractivity contribution in [1.82, 2.24) is 0 Å². The number of nitrogens with zero attached hydrogens (tertiary/aromatic N) is 1. The summed E-state index contributed by atoms with van der Waals surface area (Å²) in [5.41, 5.74) is 1.09. The number of halogens is 2. The summed E-state index contributed by atoms with van der Waals surface area (Å²) in [6, 6.07) is 3.63. The molecule has 1 aromatic carbocycles. The van der Waals surface area contributed by atoms with E-state index in [1.807, 2.05) is 6.07 Å². The quantitative estimate of drug-likeness (QED) is 0.779. The Morgan fingerprint density at radius 2 is 2.06 bits per heavy atom. The molecule has 0 atom stereocenters. The van der Waals surface area contributed by atoms with Crippen LogP contribution < -0.4 is 4.90 Å². The van der Waals surface area contributed by atoms with E-state index in [0.29, 0.717) is 5.69 Å². The van der Waals surface area contributed by atoms with Gasteiger partial charge < -0.3 is 4.90 Å². The number of hydrogen-bond acceptors (Lipinski definition) is 1. The Morgan fingerprint density at radius 1 is 1.35 bits per heavy atom. The fourth-order valence-corrected chi connectivity index (χ4v) is 3.34. The molecule has 1 spiro atoms. The molecule has 2 saturated carbocycles. The molecule has 2 nitrogen and oxygen atoms in total. The normalized spacial score (nSPS) is 24.4. The van der Waals surface area contributed by atoms with Crippen molar-refractivity contribution < 1.29 is 9.18 Å². The van der Waals surface area contributed by atoms with Crippen LogP contribution >= 0.6 is 15.9 Å². The largest absolute Gasteiger partial charge is 0.306 e. The Balaban J connectivity index is 1.98. The first-order valence-corrected chi connectivity index (χ1v) is 6.76. The smallest absolute Gasteiger partial charge is 0.238 e. The van der Waals surface area contributed by atoms with Gasteiger partial charge in [-0.25, -0.2) is 4.39 Å². The second kappa shape index (κ2) is 2.91. The molecule has 1 aliphatic heterocycles. The molecular formula is C13H11BrFNO. The summed E-state index contributed by atoms with van der Waals surface area (Å²) in [7, 11) is 0. The van der Waals surface area contributed by atoms with Gasteiger partial charge in [0, 0.05) is 10.5 Å². The van der Waals surface area contributed by atoms with E-state index >= 15 is 0 Å². The molecule has 88 valence electrons. The van der Waals surface area contributed by atoms with Crippen molar-refractivity contribution in [3.05, 3.63) is 28.0 Å². The second-order valence-corrected chi connectivity index (χ2v) is 6.19. The van der Waals surface area contributed by atoms with Gasteiger partial charge in [0.25, 0.3) is 0 Å². The highest BCUT2D eigenvalue weighted by molar-refractivity contribution is 9.10. The van der Waals surface area contributed by atoms with Crippen LogP contribution in [0.4, 0.5) is 10.1 Å². The average Bonchev–Trinajstić information content (AvgIpc) is 3.12. The molecule has 0 radical (unpaired) electrons. The molecule has 4 heteroatoms. The molecule has 17 heavy (non-hydrogen) atoms. The topological polar surface area (TPSA) is 20.3 Å². The maximum atomic E-state index is 14.1. The van der Waals surface area contributed by atoms with Crippen LogP contribution in [0.25, 0.3) is 0 Å². The maximum absolute atomic E-state index is 14.1. The van der Waals surface area contributed by atoms with Gasteiger partial charge in [0.2, 0.25) is 5.91 Å². The lowest BCUT2D eigenvalue weighted by Gasteiger charge is -2.17. The highest BCUT2D eigenvalue weighted by atomic mass is 79.9. The average molecular weight is 296 g/mol. The number of benzene rings is 1. The number of fused-ring (bicyclic) bond motifs is 2. The number of hydrogen-bond donors (Lipinski definition) is 0. The first-order valence-electron chi connectivity index (χ1n) is 5.97. The Bertz CT molecular complexity index is 549. The number of anilines is 1. The molecule has 0 bridgehead atoms. The second-order valence-electron chi connectivity index (χ2n) is 5.27. The molecule has 0 unspecified atom stereocenters. The van der Waals surface area contributed by atoms with E-state index in [-0.39, 0.29) is 23.2 Å². The SMILES string of the molecule is O=C1N(C2CC2)c2c(F)cc(Br)cc2C12CC2. The van der Waals surface area contributed by atoms with Gasteiger partial charge in [-0.15, -0.1) is 0 Å². The Hall–Kier alpha value is -0.900. The summed E-state index contributed by atoms with van der Waals surface area (Å²) in [5.74, 6) is -0.134. The van der Waals surface area contributed by atoms with Crippen molar-refractivity contribution in [1.29, 1.82) is 0 Å². The zero-order valence-electron chi connectivity index (χ0n) is 9.17. The van der Waals surface area contributed by atoms with Crippen molar-refractivity contribution in [3.8, 4) is 0 Å². The van der Waals surface area contributed by atoms with Gasteiger partial charge in [0.15, 0.2) is 0 Å². The molecule has 0 N–H and O–H groups in total. The van der Waals surface area contributed by atoms with Crippen LogP contribution in [0.2, 0.25) is 0 Å². The lowest BCUT2D eigenvalue weighted by Crippen LogP contribution is -2.34. The zero-order valence-corrected chi connectivity index (χ0v) is 10.8. The maximum Gasteiger partial charge on any atom is 0.238 e. The summed E-state index contributed by atoms with van der Waals surface area (Å²) < 4.78 is 14.8. The first-order chi connectivity index (χ1) is 8.13. The molecule has 0 saturated heterocycles. The van der Waals surface area contributed by atoms with Gasteiger partial charge in [-0.05, 0) is 43.4 Å². The minimum atomic E-state index is -0.372. The van der Waals surface area contributed by atoms with Crippen LogP contribution in [-0.4, -0.2) is 11.9 Å². The van der Waals surface area contributed by atoms with Crippen LogP contribution in [0.1, 0.15) is 31.2 Å². The Kier molecular flexibility index (Phi) is 1.72. The van der Waals surface area contributed by atoms with E-state index in [1.54, 1.807) is 4.90 Å². The number of carbonyl (C=O) groups excluding carboxylic acids is 1. The lowest BCUT2D eigenvalue weighted by molar-refractivity contribution is -0.120. The van der Waals surface area contributed by atoms with Gasteiger partial charge in [0.05, 0.1) is 11.1 Å². The van der Waals surface area contributed by atoms with Crippen LogP contribution in [-0.2, 0) is 10.2 Å². The highest BCUT2D eigenvalue weighted by Crippen LogP contribution is 2.60. The van der Waals surface area contributed by atoms with E-state index in [9.17, 15) is 9.18 Å². The summed E-state index contributed by atoms with van der Waals surface area (Å²) in [6.45, 7) is 0. The number of amides is 1. The zero-order chi connectivity index (χ0) is 11.8. The molecule has 3 aliphatic rings. The number of rotatable bonds is 1. The Labute approximate surface area is 107 Å². The first kappa shape index (κ1) is 10.1. The third-order valence-electron chi connectivity index (χ3n) is 4.07. The van der Waals surface area contributed by atoms with E-state index in [0.717, 1.165) is 35.7 Å². The summed E-state index contributed by atoms with van der Waals surface area (Å²) in [6.07, 6.45) is 3.77. The van der Waals surface area contributed by atoms with Gasteiger partial charge in [0.1, 0.15) is 5.82 Å². The highest BCUT2D eigenvalue weighted by Gasteiger charge is 2.62. The van der Waals surface area contributed by atoms with Crippen LogP contribution in [0.5, 0.6) is 0 Å². The van der Waals surface area contributed by atoms with Crippen LogP contribution in [0, 0.1) is 5.82 Å². The monoisotopic (exact) mass is 295 g/mol. The van der Waals surface area contributed by atoms with Crippen molar-refractivity contribution in [2.45, 2.75) is 37.1 Å². The fourth-order valence-electron chi connectivity index (χ4n) is 2.91. The van der Waals surface area contributed by atoms with Crippen molar-refractivity contribution in [2.24, 2.45) is 0 Å². The van der Waals surface area contributed by atoms with Crippen LogP contribution in [0.3, 0.4) is 0 Å².